The quantitative estimate of drug-likeness (QED) is 0.839. The number of anilines is 3. The van der Waals surface area contributed by atoms with Crippen LogP contribution in [-0.2, 0) is 14.3 Å². The zero-order chi connectivity index (χ0) is 18.8. The minimum atomic E-state index is -0.648. The molecule has 2 amide bonds. The van der Waals surface area contributed by atoms with E-state index in [0.29, 0.717) is 18.9 Å². The van der Waals surface area contributed by atoms with E-state index in [1.807, 2.05) is 24.3 Å². The van der Waals surface area contributed by atoms with E-state index in [4.69, 9.17) is 4.74 Å². The lowest BCUT2D eigenvalue weighted by Crippen LogP contribution is -2.38. The summed E-state index contributed by atoms with van der Waals surface area (Å²) >= 11 is 0. The van der Waals surface area contributed by atoms with E-state index >= 15 is 0 Å². The maximum absolute atomic E-state index is 13.1. The highest BCUT2D eigenvalue weighted by Crippen LogP contribution is 2.30. The molecule has 2 aromatic carbocycles. The first-order valence-corrected chi connectivity index (χ1v) is 8.94. The normalized spacial score (nSPS) is 20.3. The summed E-state index contributed by atoms with van der Waals surface area (Å²) in [4.78, 5) is 28.5. The number of hydrogen-bond acceptors (Lipinski definition) is 5. The second kappa shape index (κ2) is 7.36. The lowest BCUT2D eigenvalue weighted by atomic mass is 10.2. The van der Waals surface area contributed by atoms with Crippen LogP contribution in [0.5, 0.6) is 0 Å². The van der Waals surface area contributed by atoms with Crippen molar-refractivity contribution in [2.45, 2.75) is 12.5 Å². The number of carbonyl (C=O) groups excluding carboxylic acids is 2. The molecule has 0 spiro atoms. The van der Waals surface area contributed by atoms with Crippen LogP contribution < -0.4 is 15.1 Å². The molecule has 1 unspecified atom stereocenters. The van der Waals surface area contributed by atoms with E-state index in [2.05, 4.69) is 10.2 Å². The lowest BCUT2D eigenvalue weighted by molar-refractivity contribution is -0.121. The molecule has 2 aromatic rings. The number of amides is 2. The number of morpholine rings is 1. The van der Waals surface area contributed by atoms with Crippen molar-refractivity contribution in [1.29, 1.82) is 0 Å². The molecule has 1 atom stereocenters. The predicted molar refractivity (Wildman–Crippen MR) is 100 cm³/mol. The summed E-state index contributed by atoms with van der Waals surface area (Å²) in [6.07, 6.45) is 0.0631. The Balaban J connectivity index is 1.54. The first-order valence-electron chi connectivity index (χ1n) is 8.94. The summed E-state index contributed by atoms with van der Waals surface area (Å²) in [6.45, 7) is 2.87. The fraction of sp³-hybridized carbons (Fsp3) is 0.300. The van der Waals surface area contributed by atoms with Crippen LogP contribution in [0.4, 0.5) is 21.5 Å². The number of carbonyl (C=O) groups is 2. The van der Waals surface area contributed by atoms with E-state index in [0.717, 1.165) is 29.4 Å². The van der Waals surface area contributed by atoms with Gasteiger partial charge in [0.2, 0.25) is 5.91 Å². The van der Waals surface area contributed by atoms with Gasteiger partial charge in [0.25, 0.3) is 5.91 Å². The molecule has 140 valence electrons. The van der Waals surface area contributed by atoms with Crippen LogP contribution in [0.2, 0.25) is 0 Å². The van der Waals surface area contributed by atoms with Gasteiger partial charge in [0, 0.05) is 13.1 Å². The third-order valence-corrected chi connectivity index (χ3v) is 4.82. The van der Waals surface area contributed by atoms with Gasteiger partial charge in [-0.15, -0.1) is 0 Å². The molecule has 0 aliphatic carbocycles. The first-order chi connectivity index (χ1) is 13.1. The van der Waals surface area contributed by atoms with Crippen LogP contribution in [-0.4, -0.2) is 44.2 Å². The lowest BCUT2D eigenvalue weighted by Gasteiger charge is -2.31. The van der Waals surface area contributed by atoms with Crippen LogP contribution in [0.25, 0.3) is 0 Å². The van der Waals surface area contributed by atoms with Crippen LogP contribution in [0.3, 0.4) is 0 Å². The van der Waals surface area contributed by atoms with Gasteiger partial charge in [-0.2, -0.15) is 0 Å². The molecule has 0 radical (unpaired) electrons. The molecule has 7 heteroatoms. The molecule has 2 aliphatic heterocycles. The third kappa shape index (κ3) is 3.50. The standard InChI is InChI=1S/C20H20FN3O3/c21-14-5-7-15(8-6-14)24-19(25)13-17(20(24)26)22-16-3-1-2-4-18(16)23-9-11-27-12-10-23/h1-8,17,22H,9-13H2. The largest absolute Gasteiger partial charge is 0.378 e. The molecule has 6 nitrogen and oxygen atoms in total. The molecular formula is C20H20FN3O3. The highest BCUT2D eigenvalue weighted by atomic mass is 19.1. The van der Waals surface area contributed by atoms with Crippen molar-refractivity contribution in [2.24, 2.45) is 0 Å². The van der Waals surface area contributed by atoms with E-state index in [-0.39, 0.29) is 18.2 Å². The van der Waals surface area contributed by atoms with Crippen LogP contribution >= 0.6 is 0 Å². The Morgan fingerprint density at radius 3 is 2.44 bits per heavy atom. The average Bonchev–Trinajstić information content (AvgIpc) is 2.97. The van der Waals surface area contributed by atoms with Crippen LogP contribution in [0.1, 0.15) is 6.42 Å². The number of benzene rings is 2. The minimum absolute atomic E-state index is 0.0631. The van der Waals surface area contributed by atoms with Crippen molar-refractivity contribution in [1.82, 2.24) is 0 Å². The number of nitrogens with zero attached hydrogens (tertiary/aromatic N) is 2. The second-order valence-electron chi connectivity index (χ2n) is 6.56. The van der Waals surface area contributed by atoms with Crippen molar-refractivity contribution in [2.75, 3.05) is 41.4 Å². The first kappa shape index (κ1) is 17.5. The Hall–Kier alpha value is -2.93. The number of halogens is 1. The van der Waals surface area contributed by atoms with Crippen molar-refractivity contribution in [3.8, 4) is 0 Å². The van der Waals surface area contributed by atoms with Gasteiger partial charge in [0.05, 0.1) is 36.7 Å². The van der Waals surface area contributed by atoms with Gasteiger partial charge >= 0.3 is 0 Å². The van der Waals surface area contributed by atoms with E-state index in [1.165, 1.54) is 24.3 Å². The number of nitrogens with one attached hydrogen (secondary N) is 1. The van der Waals surface area contributed by atoms with Gasteiger partial charge in [-0.25, -0.2) is 9.29 Å². The van der Waals surface area contributed by atoms with E-state index < -0.39 is 11.9 Å². The highest BCUT2D eigenvalue weighted by molar-refractivity contribution is 6.23. The molecule has 0 aromatic heterocycles. The van der Waals surface area contributed by atoms with Gasteiger partial charge in [0.1, 0.15) is 11.9 Å². The molecule has 1 N–H and O–H groups in total. The molecule has 0 bridgehead atoms. The van der Waals surface area contributed by atoms with E-state index in [1.54, 1.807) is 0 Å². The van der Waals surface area contributed by atoms with Gasteiger partial charge < -0.3 is 15.0 Å². The summed E-state index contributed by atoms with van der Waals surface area (Å²) in [5.74, 6) is -1.04. The molecule has 4 rings (SSSR count). The molecule has 2 saturated heterocycles. The smallest absolute Gasteiger partial charge is 0.256 e. The van der Waals surface area contributed by atoms with Gasteiger partial charge in [-0.3, -0.25) is 9.59 Å². The minimum Gasteiger partial charge on any atom is -0.378 e. The topological polar surface area (TPSA) is 61.9 Å². The summed E-state index contributed by atoms with van der Waals surface area (Å²) in [7, 11) is 0. The Kier molecular flexibility index (Phi) is 4.77. The van der Waals surface area contributed by atoms with Gasteiger partial charge in [-0.05, 0) is 36.4 Å². The molecular weight excluding hydrogens is 349 g/mol. The summed E-state index contributed by atoms with van der Waals surface area (Å²) in [6, 6.07) is 12.5. The fourth-order valence-corrected chi connectivity index (χ4v) is 3.47. The Morgan fingerprint density at radius 1 is 1.00 bits per heavy atom. The number of imide groups is 1. The zero-order valence-corrected chi connectivity index (χ0v) is 14.7. The predicted octanol–water partition coefficient (Wildman–Crippen LogP) is 2.41. The number of para-hydroxylation sites is 2. The highest BCUT2D eigenvalue weighted by Gasteiger charge is 2.40. The molecule has 0 saturated carbocycles. The van der Waals surface area contributed by atoms with Crippen LogP contribution in [0, 0.1) is 5.82 Å². The third-order valence-electron chi connectivity index (χ3n) is 4.82. The second-order valence-corrected chi connectivity index (χ2v) is 6.56. The van der Waals surface area contributed by atoms with Crippen molar-refractivity contribution >= 4 is 28.9 Å². The monoisotopic (exact) mass is 369 g/mol. The molecule has 2 aliphatic rings. The summed E-state index contributed by atoms with van der Waals surface area (Å²) in [5, 5.41) is 3.23. The molecule has 27 heavy (non-hydrogen) atoms. The van der Waals surface area contributed by atoms with Gasteiger partial charge in [-0.1, -0.05) is 12.1 Å². The average molecular weight is 369 g/mol. The van der Waals surface area contributed by atoms with Crippen molar-refractivity contribution in [3.05, 3.63) is 54.3 Å². The van der Waals surface area contributed by atoms with Crippen molar-refractivity contribution < 1.29 is 18.7 Å². The number of hydrogen-bond donors (Lipinski definition) is 1. The number of ether oxygens (including phenoxy) is 1. The van der Waals surface area contributed by atoms with Crippen LogP contribution in [0.15, 0.2) is 48.5 Å². The Morgan fingerprint density at radius 2 is 1.70 bits per heavy atom. The Bertz CT molecular complexity index is 850. The zero-order valence-electron chi connectivity index (χ0n) is 14.7. The molecule has 2 fully saturated rings. The van der Waals surface area contributed by atoms with E-state index in [9.17, 15) is 14.0 Å². The number of rotatable bonds is 4. The maximum atomic E-state index is 13.1. The maximum Gasteiger partial charge on any atom is 0.256 e. The summed E-state index contributed by atoms with van der Waals surface area (Å²) in [5.41, 5.74) is 2.19. The van der Waals surface area contributed by atoms with Crippen molar-refractivity contribution in [3.63, 3.8) is 0 Å². The summed E-state index contributed by atoms with van der Waals surface area (Å²) < 4.78 is 18.5. The fourth-order valence-electron chi connectivity index (χ4n) is 3.47. The van der Waals surface area contributed by atoms with Gasteiger partial charge in [0.15, 0.2) is 0 Å². The Labute approximate surface area is 156 Å². The SMILES string of the molecule is O=C1CC(Nc2ccccc2N2CCOCC2)C(=O)N1c1ccc(F)cc1. The molecule has 2 heterocycles.